The summed E-state index contributed by atoms with van der Waals surface area (Å²) in [5.74, 6) is 3.40. The molecule has 0 radical (unpaired) electrons. The number of hydrogen-bond acceptors (Lipinski definition) is 2. The van der Waals surface area contributed by atoms with E-state index < -0.39 is 0 Å². The summed E-state index contributed by atoms with van der Waals surface area (Å²) in [6.07, 6.45) is 5.45. The van der Waals surface area contributed by atoms with Crippen LogP contribution in [0.25, 0.3) is 0 Å². The van der Waals surface area contributed by atoms with Crippen molar-refractivity contribution in [2.75, 3.05) is 40.3 Å². The first-order valence-corrected chi connectivity index (χ1v) is 13.5. The summed E-state index contributed by atoms with van der Waals surface area (Å²) in [4.78, 5) is 5.18. The molecule has 2 heterocycles. The number of halogens is 1. The van der Waals surface area contributed by atoms with Crippen LogP contribution in [-0.4, -0.2) is 53.5 Å². The maximum absolute atomic E-state index is 2.66. The van der Waals surface area contributed by atoms with Gasteiger partial charge in [0.25, 0.3) is 0 Å². The van der Waals surface area contributed by atoms with E-state index in [9.17, 15) is 0 Å². The Hall–Kier alpha value is 0.650. The molecule has 2 nitrogen and oxygen atoms in total. The molecule has 4 atom stereocenters. The van der Waals surface area contributed by atoms with Crippen molar-refractivity contribution in [1.29, 1.82) is 0 Å². The predicted octanol–water partition coefficient (Wildman–Crippen LogP) is 7.21. The summed E-state index contributed by atoms with van der Waals surface area (Å²) in [5, 5.41) is 0. The normalized spacial score (nSPS) is 30.4. The minimum atomic E-state index is 0.365. The van der Waals surface area contributed by atoms with Gasteiger partial charge >= 0.3 is 0 Å². The summed E-state index contributed by atoms with van der Waals surface area (Å²) >= 11 is 2.66. The zero-order valence-corrected chi connectivity index (χ0v) is 24.4. The van der Waals surface area contributed by atoms with Crippen molar-refractivity contribution in [2.45, 2.75) is 91.4 Å². The van der Waals surface area contributed by atoms with Crippen LogP contribution >= 0.6 is 22.6 Å². The average Bonchev–Trinajstić information content (AvgIpc) is 2.97. The van der Waals surface area contributed by atoms with Gasteiger partial charge in [0.05, 0.1) is 0 Å². The minimum Gasteiger partial charge on any atom is -0.306 e. The summed E-state index contributed by atoms with van der Waals surface area (Å²) in [6, 6.07) is 0. The first-order chi connectivity index (χ1) is 13.4. The average molecular weight is 533 g/mol. The molecule has 0 spiro atoms. The SMILES string of the molecule is CN1CC(CC(C)(C)C)C(CC(C)(C)C(C)(C)CC2CN(C)CC2CC(C)(C)I)C1. The molecule has 0 aromatic carbocycles. The lowest BCUT2D eigenvalue weighted by molar-refractivity contribution is 0.0381. The fourth-order valence-electron chi connectivity index (χ4n) is 6.55. The number of hydrogen-bond donors (Lipinski definition) is 0. The topological polar surface area (TPSA) is 6.48 Å². The zero-order chi connectivity index (χ0) is 23.1. The molecular formula is C27H53IN2. The van der Waals surface area contributed by atoms with Crippen molar-refractivity contribution in [2.24, 2.45) is 39.9 Å². The van der Waals surface area contributed by atoms with Gasteiger partial charge < -0.3 is 9.80 Å². The minimum absolute atomic E-state index is 0.365. The summed E-state index contributed by atoms with van der Waals surface area (Å²) in [7, 11) is 4.66. The Morgan fingerprint density at radius 3 is 1.17 bits per heavy atom. The Morgan fingerprint density at radius 1 is 0.567 bits per heavy atom. The first kappa shape index (κ1) is 26.9. The van der Waals surface area contributed by atoms with Crippen molar-refractivity contribution in [3.63, 3.8) is 0 Å². The third-order valence-corrected chi connectivity index (χ3v) is 8.96. The Kier molecular flexibility index (Phi) is 8.51. The Labute approximate surface area is 203 Å². The van der Waals surface area contributed by atoms with Crippen molar-refractivity contribution < 1.29 is 0 Å². The molecule has 2 saturated heterocycles. The number of likely N-dealkylation sites (tertiary alicyclic amines) is 2. The number of nitrogens with zero attached hydrogens (tertiary/aromatic N) is 2. The second-order valence-corrected chi connectivity index (χ2v) is 17.3. The van der Waals surface area contributed by atoms with E-state index in [-0.39, 0.29) is 0 Å². The zero-order valence-electron chi connectivity index (χ0n) is 22.2. The standard InChI is InChI=1S/C27H53IN2/c1-24(2,3)12-20-16-29(10)17-21(20)13-25(4,5)26(6,7)14-22-18-30(11)19-23(22)15-27(8,9)28/h20-23H,12-19H2,1-11H3. The van der Waals surface area contributed by atoms with Crippen molar-refractivity contribution >= 4 is 22.6 Å². The maximum atomic E-state index is 2.66. The highest BCUT2D eigenvalue weighted by atomic mass is 127. The van der Waals surface area contributed by atoms with Crippen molar-refractivity contribution in [3.8, 4) is 0 Å². The van der Waals surface area contributed by atoms with E-state index in [1.165, 1.54) is 51.9 Å². The van der Waals surface area contributed by atoms with E-state index >= 15 is 0 Å². The van der Waals surface area contributed by atoms with Gasteiger partial charge in [-0.25, -0.2) is 0 Å². The highest BCUT2D eigenvalue weighted by Crippen LogP contribution is 2.52. The van der Waals surface area contributed by atoms with Gasteiger partial charge in [0.15, 0.2) is 0 Å². The highest BCUT2D eigenvalue weighted by Gasteiger charge is 2.46. The predicted molar refractivity (Wildman–Crippen MR) is 143 cm³/mol. The van der Waals surface area contributed by atoms with Crippen LogP contribution < -0.4 is 0 Å². The van der Waals surface area contributed by atoms with Crippen LogP contribution in [0.3, 0.4) is 0 Å². The van der Waals surface area contributed by atoms with E-state index in [0.717, 1.165) is 23.7 Å². The monoisotopic (exact) mass is 532 g/mol. The van der Waals surface area contributed by atoms with Crippen LogP contribution in [-0.2, 0) is 0 Å². The van der Waals surface area contributed by atoms with Crippen molar-refractivity contribution in [1.82, 2.24) is 9.80 Å². The maximum Gasteiger partial charge on any atom is 0.0169 e. The summed E-state index contributed by atoms with van der Waals surface area (Å²) < 4.78 is 0.403. The molecule has 0 N–H and O–H groups in total. The van der Waals surface area contributed by atoms with E-state index in [1.807, 2.05) is 0 Å². The van der Waals surface area contributed by atoms with Crippen LogP contribution in [0, 0.1) is 39.9 Å². The largest absolute Gasteiger partial charge is 0.306 e. The molecular weight excluding hydrogens is 479 g/mol. The highest BCUT2D eigenvalue weighted by molar-refractivity contribution is 14.1. The molecule has 178 valence electrons. The van der Waals surface area contributed by atoms with Crippen LogP contribution in [0.5, 0.6) is 0 Å². The molecule has 0 aliphatic carbocycles. The molecule has 4 unspecified atom stereocenters. The summed E-state index contributed by atoms with van der Waals surface area (Å²) in [5.41, 5.74) is 1.16. The first-order valence-electron chi connectivity index (χ1n) is 12.4. The fraction of sp³-hybridized carbons (Fsp3) is 1.00. The lowest BCUT2D eigenvalue weighted by atomic mass is 9.59. The van der Waals surface area contributed by atoms with E-state index in [0.29, 0.717) is 19.7 Å². The number of alkyl halides is 1. The fourth-order valence-corrected chi connectivity index (χ4v) is 7.11. The van der Waals surface area contributed by atoms with Gasteiger partial charge in [0.1, 0.15) is 0 Å². The van der Waals surface area contributed by atoms with E-state index in [4.69, 9.17) is 0 Å². The molecule has 2 fully saturated rings. The lowest BCUT2D eigenvalue weighted by Gasteiger charge is -2.46. The van der Waals surface area contributed by atoms with Gasteiger partial charge in [0, 0.05) is 29.6 Å². The third-order valence-electron chi connectivity index (χ3n) is 8.52. The Morgan fingerprint density at radius 2 is 0.867 bits per heavy atom. The molecule has 30 heavy (non-hydrogen) atoms. The molecule has 2 rings (SSSR count). The molecule has 0 aromatic rings. The van der Waals surface area contributed by atoms with Gasteiger partial charge in [-0.3, -0.25) is 0 Å². The molecule has 2 aliphatic heterocycles. The smallest absolute Gasteiger partial charge is 0.0169 e. The quantitative estimate of drug-likeness (QED) is 0.241. The van der Waals surface area contributed by atoms with Gasteiger partial charge in [-0.1, -0.05) is 84.9 Å². The van der Waals surface area contributed by atoms with Crippen LogP contribution in [0.15, 0.2) is 0 Å². The number of rotatable bonds is 8. The van der Waals surface area contributed by atoms with Crippen LogP contribution in [0.4, 0.5) is 0 Å². The van der Waals surface area contributed by atoms with Crippen LogP contribution in [0.2, 0.25) is 0 Å². The van der Waals surface area contributed by atoms with Gasteiger partial charge in [-0.15, -0.1) is 0 Å². The van der Waals surface area contributed by atoms with E-state index in [1.54, 1.807) is 0 Å². The van der Waals surface area contributed by atoms with Crippen molar-refractivity contribution in [3.05, 3.63) is 0 Å². The molecule has 3 heteroatoms. The molecule has 0 aromatic heterocycles. The van der Waals surface area contributed by atoms with E-state index in [2.05, 4.69) is 109 Å². The van der Waals surface area contributed by atoms with Gasteiger partial charge in [-0.2, -0.15) is 0 Å². The Balaban J connectivity index is 2.09. The molecule has 0 amide bonds. The van der Waals surface area contributed by atoms with Crippen LogP contribution in [0.1, 0.15) is 88.0 Å². The third kappa shape index (κ3) is 7.61. The van der Waals surface area contributed by atoms with Gasteiger partial charge in [0.2, 0.25) is 0 Å². The molecule has 0 bridgehead atoms. The molecule has 2 aliphatic rings. The summed E-state index contributed by atoms with van der Waals surface area (Å²) in [6.45, 7) is 27.5. The second kappa shape index (κ2) is 9.49. The lowest BCUT2D eigenvalue weighted by Crippen LogP contribution is -2.39. The second-order valence-electron chi connectivity index (χ2n) is 14.3. The van der Waals surface area contributed by atoms with Gasteiger partial charge in [-0.05, 0) is 79.7 Å². The Bertz CT molecular complexity index is 504. The molecule has 0 saturated carbocycles.